The van der Waals surface area contributed by atoms with Crippen LogP contribution in [-0.2, 0) is 0 Å². The molecule has 2 rings (SSSR count). The first-order valence-electron chi connectivity index (χ1n) is 6.96. The molecule has 0 N–H and O–H groups in total. The first kappa shape index (κ1) is 13.8. The molecule has 0 aromatic heterocycles. The van der Waals surface area contributed by atoms with Crippen LogP contribution in [0.4, 0.5) is 0 Å². The molecule has 0 aliphatic heterocycles. The summed E-state index contributed by atoms with van der Waals surface area (Å²) in [6.45, 7) is 6.59. The van der Waals surface area contributed by atoms with Crippen molar-refractivity contribution in [1.82, 2.24) is 0 Å². The number of rotatable bonds is 4. The summed E-state index contributed by atoms with van der Waals surface area (Å²) in [7, 11) is -1.12. The van der Waals surface area contributed by atoms with E-state index in [-0.39, 0.29) is 0 Å². The standard InChI is InChI=1S/C18H22Si/c1-4-5-14-19(17-11-7-6-8-12-17)18-13-9-10-15(2)16(18)3/h4-13,19H,14H2,1-3H3. The maximum absolute atomic E-state index is 2.33. The van der Waals surface area contributed by atoms with Crippen LogP contribution in [0.3, 0.4) is 0 Å². The van der Waals surface area contributed by atoms with E-state index in [1.165, 1.54) is 22.4 Å². The van der Waals surface area contributed by atoms with Gasteiger partial charge in [-0.05, 0) is 37.9 Å². The van der Waals surface area contributed by atoms with Crippen LogP contribution in [0.1, 0.15) is 18.1 Å². The summed E-state index contributed by atoms with van der Waals surface area (Å²) in [5, 5.41) is 3.12. The molecule has 0 saturated carbocycles. The molecule has 0 amide bonds. The topological polar surface area (TPSA) is 0 Å². The summed E-state index contributed by atoms with van der Waals surface area (Å²) in [4.78, 5) is 0. The van der Waals surface area contributed by atoms with E-state index in [1.807, 2.05) is 0 Å². The number of hydrogen-bond donors (Lipinski definition) is 0. The highest BCUT2D eigenvalue weighted by molar-refractivity contribution is 6.85. The highest BCUT2D eigenvalue weighted by Crippen LogP contribution is 2.07. The van der Waals surface area contributed by atoms with Crippen molar-refractivity contribution < 1.29 is 0 Å². The van der Waals surface area contributed by atoms with Gasteiger partial charge >= 0.3 is 0 Å². The van der Waals surface area contributed by atoms with Gasteiger partial charge in [-0.3, -0.25) is 0 Å². The lowest BCUT2D eigenvalue weighted by atomic mass is 10.1. The molecule has 2 aromatic carbocycles. The molecule has 19 heavy (non-hydrogen) atoms. The molecule has 0 aliphatic carbocycles. The summed E-state index contributed by atoms with van der Waals surface area (Å²) < 4.78 is 0. The fourth-order valence-corrected chi connectivity index (χ4v) is 5.76. The predicted octanol–water partition coefficient (Wildman–Crippen LogP) is 3.22. The maximum Gasteiger partial charge on any atom is 0.107 e. The zero-order valence-corrected chi connectivity index (χ0v) is 13.2. The fraction of sp³-hybridized carbons (Fsp3) is 0.222. The average molecular weight is 266 g/mol. The van der Waals surface area contributed by atoms with Gasteiger partial charge < -0.3 is 0 Å². The van der Waals surface area contributed by atoms with Crippen molar-refractivity contribution in [3.05, 3.63) is 71.8 Å². The van der Waals surface area contributed by atoms with Crippen LogP contribution in [0.15, 0.2) is 60.7 Å². The largest absolute Gasteiger partial charge is 0.107 e. The van der Waals surface area contributed by atoms with Gasteiger partial charge in [0, 0.05) is 0 Å². The third-order valence-electron chi connectivity index (χ3n) is 3.83. The molecule has 0 nitrogen and oxygen atoms in total. The number of hydrogen-bond acceptors (Lipinski definition) is 0. The van der Waals surface area contributed by atoms with Crippen LogP contribution in [0.5, 0.6) is 0 Å². The van der Waals surface area contributed by atoms with E-state index in [0.717, 1.165) is 0 Å². The Kier molecular flexibility index (Phi) is 4.75. The molecule has 2 aromatic rings. The van der Waals surface area contributed by atoms with Crippen LogP contribution in [-0.4, -0.2) is 8.80 Å². The summed E-state index contributed by atoms with van der Waals surface area (Å²) in [5.74, 6) is 0. The number of allylic oxidation sites excluding steroid dienone is 2. The third kappa shape index (κ3) is 3.24. The van der Waals surface area contributed by atoms with Crippen molar-refractivity contribution in [3.8, 4) is 0 Å². The molecule has 0 bridgehead atoms. The van der Waals surface area contributed by atoms with Crippen molar-refractivity contribution >= 4 is 19.2 Å². The van der Waals surface area contributed by atoms with Gasteiger partial charge in [-0.1, -0.05) is 71.1 Å². The monoisotopic (exact) mass is 266 g/mol. The highest BCUT2D eigenvalue weighted by atomic mass is 28.3. The molecule has 1 unspecified atom stereocenters. The molecule has 1 atom stereocenters. The molecule has 0 saturated heterocycles. The lowest BCUT2D eigenvalue weighted by molar-refractivity contribution is 1.36. The third-order valence-corrected chi connectivity index (χ3v) is 7.14. The molecule has 0 heterocycles. The summed E-state index contributed by atoms with van der Waals surface area (Å²) in [6, 6.07) is 19.0. The van der Waals surface area contributed by atoms with E-state index >= 15 is 0 Å². The second kappa shape index (κ2) is 6.53. The van der Waals surface area contributed by atoms with E-state index in [2.05, 4.69) is 81.5 Å². The van der Waals surface area contributed by atoms with Crippen molar-refractivity contribution in [1.29, 1.82) is 0 Å². The van der Waals surface area contributed by atoms with E-state index < -0.39 is 8.80 Å². The molecule has 0 radical (unpaired) electrons. The summed E-state index contributed by atoms with van der Waals surface area (Å²) >= 11 is 0. The Bertz CT molecular complexity index is 555. The molecule has 0 spiro atoms. The SMILES string of the molecule is CC=CC[SiH](c1ccccc1)c1cccc(C)c1C. The van der Waals surface area contributed by atoms with E-state index in [4.69, 9.17) is 0 Å². The molecule has 98 valence electrons. The van der Waals surface area contributed by atoms with Crippen LogP contribution >= 0.6 is 0 Å². The van der Waals surface area contributed by atoms with Gasteiger partial charge in [0.05, 0.1) is 0 Å². The van der Waals surface area contributed by atoms with Crippen molar-refractivity contribution in [2.24, 2.45) is 0 Å². The Hall–Kier alpha value is -1.60. The second-order valence-corrected chi connectivity index (χ2v) is 7.92. The van der Waals surface area contributed by atoms with Crippen molar-refractivity contribution in [3.63, 3.8) is 0 Å². The Morgan fingerprint density at radius 1 is 0.947 bits per heavy atom. The minimum absolute atomic E-state index is 1.12. The molecule has 0 fully saturated rings. The highest BCUT2D eigenvalue weighted by Gasteiger charge is 2.17. The van der Waals surface area contributed by atoms with Gasteiger partial charge in [0.15, 0.2) is 0 Å². The second-order valence-electron chi connectivity index (χ2n) is 5.06. The quantitative estimate of drug-likeness (QED) is 0.589. The minimum Gasteiger partial charge on any atom is -0.0919 e. The number of aryl methyl sites for hydroxylation is 1. The van der Waals surface area contributed by atoms with Crippen LogP contribution < -0.4 is 10.4 Å². The smallest absolute Gasteiger partial charge is 0.0919 e. The van der Waals surface area contributed by atoms with Gasteiger partial charge in [-0.15, -0.1) is 0 Å². The van der Waals surface area contributed by atoms with Gasteiger partial charge in [0.25, 0.3) is 0 Å². The predicted molar refractivity (Wildman–Crippen MR) is 88.4 cm³/mol. The lowest BCUT2D eigenvalue weighted by Crippen LogP contribution is -2.43. The van der Waals surface area contributed by atoms with E-state index in [1.54, 1.807) is 5.19 Å². The average Bonchev–Trinajstić information content (AvgIpc) is 2.45. The van der Waals surface area contributed by atoms with Gasteiger partial charge in [0.1, 0.15) is 8.80 Å². The first-order valence-corrected chi connectivity index (χ1v) is 8.93. The lowest BCUT2D eigenvalue weighted by Gasteiger charge is -2.18. The van der Waals surface area contributed by atoms with Gasteiger partial charge in [0.2, 0.25) is 0 Å². The molecule has 1 heteroatoms. The van der Waals surface area contributed by atoms with Crippen molar-refractivity contribution in [2.45, 2.75) is 26.8 Å². The van der Waals surface area contributed by atoms with Gasteiger partial charge in [-0.2, -0.15) is 0 Å². The summed E-state index contributed by atoms with van der Waals surface area (Å²) in [5.41, 5.74) is 2.89. The van der Waals surface area contributed by atoms with Crippen LogP contribution in [0.2, 0.25) is 6.04 Å². The summed E-state index contributed by atoms with van der Waals surface area (Å²) in [6.07, 6.45) is 4.50. The van der Waals surface area contributed by atoms with Crippen LogP contribution in [0.25, 0.3) is 0 Å². The molecule has 0 aliphatic rings. The van der Waals surface area contributed by atoms with E-state index in [9.17, 15) is 0 Å². The number of benzene rings is 2. The molecular formula is C18H22Si. The maximum atomic E-state index is 2.33. The minimum atomic E-state index is -1.12. The Labute approximate surface area is 118 Å². The zero-order valence-electron chi connectivity index (χ0n) is 12.1. The fourth-order valence-electron chi connectivity index (χ4n) is 2.55. The molecular weight excluding hydrogens is 244 g/mol. The van der Waals surface area contributed by atoms with Gasteiger partial charge in [-0.25, -0.2) is 0 Å². The van der Waals surface area contributed by atoms with Crippen molar-refractivity contribution in [2.75, 3.05) is 0 Å². The first-order chi connectivity index (χ1) is 9.24. The Balaban J connectivity index is 2.46. The normalized spacial score (nSPS) is 12.8. The van der Waals surface area contributed by atoms with E-state index in [0.29, 0.717) is 0 Å². The Morgan fingerprint density at radius 2 is 1.68 bits per heavy atom. The Morgan fingerprint density at radius 3 is 2.37 bits per heavy atom. The zero-order chi connectivity index (χ0) is 13.7. The van der Waals surface area contributed by atoms with Crippen LogP contribution in [0, 0.1) is 13.8 Å².